The van der Waals surface area contributed by atoms with Crippen molar-refractivity contribution < 1.29 is 49.5 Å². The van der Waals surface area contributed by atoms with Crippen LogP contribution in [0.5, 0.6) is 5.75 Å². The second-order valence-electron chi connectivity index (χ2n) is 6.04. The average Bonchev–Trinajstić information content (AvgIpc) is 2.69. The first-order valence-corrected chi connectivity index (χ1v) is 12.0. The predicted molar refractivity (Wildman–Crippen MR) is 106 cm³/mol. The number of phenolic OH excluding ortho intramolecular Hbond substituents is 1. The Morgan fingerprint density at radius 1 is 1.13 bits per heavy atom. The zero-order valence-corrected chi connectivity index (χ0v) is 19.1. The molecule has 31 heavy (non-hydrogen) atoms. The number of hydrogen-bond donors (Lipinski definition) is 6. The molecule has 0 aliphatic heterocycles. The maximum atomic E-state index is 13.6. The van der Waals surface area contributed by atoms with Crippen LogP contribution in [0.15, 0.2) is 17.1 Å². The van der Waals surface area contributed by atoms with Crippen LogP contribution in [-0.4, -0.2) is 51.0 Å². The van der Waals surface area contributed by atoms with E-state index in [1.807, 2.05) is 0 Å². The number of amides is 4. The van der Waals surface area contributed by atoms with Crippen LogP contribution in [0.3, 0.4) is 0 Å². The second-order valence-corrected chi connectivity index (χ2v) is 8.86. The zero-order valence-electron chi connectivity index (χ0n) is 16.9. The Hall–Kier alpha value is -2.71. The van der Waals surface area contributed by atoms with Crippen molar-refractivity contribution in [1.29, 1.82) is 0 Å². The molecular formula is C18H26F2IN6O4-. The molecule has 4 amide bonds. The third-order valence-electron chi connectivity index (χ3n) is 3.62. The Morgan fingerprint density at radius 3 is 2.42 bits per heavy atom. The molecule has 0 aromatic heterocycles. The summed E-state index contributed by atoms with van der Waals surface area (Å²) in [4.78, 5) is 38.4. The van der Waals surface area contributed by atoms with Crippen molar-refractivity contribution in [3.63, 3.8) is 0 Å². The van der Waals surface area contributed by atoms with Crippen LogP contribution in [0.25, 0.3) is 0 Å². The SMILES string of the molecule is CCC(=O)NCCNC(=O)NC(N)=NCCC[I-]C(=O)NCc1c(F)cc(O)cc1F. The Labute approximate surface area is 188 Å². The van der Waals surface area contributed by atoms with Gasteiger partial charge in [-0.15, -0.1) is 0 Å². The molecule has 0 saturated carbocycles. The van der Waals surface area contributed by atoms with E-state index in [9.17, 15) is 23.2 Å². The molecule has 0 bridgehead atoms. The van der Waals surface area contributed by atoms with Gasteiger partial charge in [-0.3, -0.25) is 4.79 Å². The number of urea groups is 1. The van der Waals surface area contributed by atoms with Gasteiger partial charge in [-0.1, -0.05) is 6.92 Å². The number of carbonyl (C=O) groups excluding carboxylic acids is 3. The van der Waals surface area contributed by atoms with E-state index in [4.69, 9.17) is 10.8 Å². The first-order chi connectivity index (χ1) is 14.7. The van der Waals surface area contributed by atoms with Gasteiger partial charge in [0.2, 0.25) is 0 Å². The standard InChI is InChI=1S/C18H26F2IN6O4/c1-2-15(29)23-6-7-25-18(31)27-17(22)24-5-3-4-21-16(30)26-10-12-13(19)8-11(28)9-14(12)20/h8-9,28H,2-7,10H2,1H3,(H,23,29)(H,26,30)(H4,22,24,25,27,31)/q-1. The topological polar surface area (TPSA) is 158 Å². The molecule has 1 rings (SSSR count). The van der Waals surface area contributed by atoms with Crippen LogP contribution in [0.4, 0.5) is 18.4 Å². The summed E-state index contributed by atoms with van der Waals surface area (Å²) >= 11 is -0.918. The summed E-state index contributed by atoms with van der Waals surface area (Å²) in [5.74, 6) is -2.56. The number of aliphatic imine (C=N–C) groups is 1. The van der Waals surface area contributed by atoms with Crippen LogP contribution < -0.4 is 48.2 Å². The summed E-state index contributed by atoms with van der Waals surface area (Å²) in [6.07, 6.45) is 0.918. The van der Waals surface area contributed by atoms with E-state index in [1.165, 1.54) is 0 Å². The van der Waals surface area contributed by atoms with Gasteiger partial charge < -0.3 is 0 Å². The van der Waals surface area contributed by atoms with Crippen molar-refractivity contribution in [2.75, 3.05) is 24.1 Å². The Morgan fingerprint density at radius 2 is 1.77 bits per heavy atom. The number of nitrogens with zero attached hydrogens (tertiary/aromatic N) is 1. The molecule has 0 aliphatic carbocycles. The van der Waals surface area contributed by atoms with Crippen molar-refractivity contribution in [3.05, 3.63) is 29.3 Å². The van der Waals surface area contributed by atoms with Gasteiger partial charge in [-0.05, 0) is 0 Å². The average molecular weight is 555 g/mol. The molecule has 1 aromatic rings. The predicted octanol–water partition coefficient (Wildman–Crippen LogP) is -2.50. The fraction of sp³-hybridized carbons (Fsp3) is 0.444. The van der Waals surface area contributed by atoms with Crippen LogP contribution in [0.1, 0.15) is 25.3 Å². The molecule has 0 fully saturated rings. The van der Waals surface area contributed by atoms with Gasteiger partial charge in [0.25, 0.3) is 0 Å². The third-order valence-corrected chi connectivity index (χ3v) is 5.99. The number of halogens is 3. The summed E-state index contributed by atoms with van der Waals surface area (Å²) in [7, 11) is 0. The van der Waals surface area contributed by atoms with Gasteiger partial charge in [-0.25, -0.2) is 0 Å². The first kappa shape index (κ1) is 26.3. The van der Waals surface area contributed by atoms with Crippen LogP contribution >= 0.6 is 0 Å². The molecule has 0 unspecified atom stereocenters. The fourth-order valence-electron chi connectivity index (χ4n) is 2.08. The van der Waals surface area contributed by atoms with Crippen molar-refractivity contribution in [3.8, 4) is 5.75 Å². The summed E-state index contributed by atoms with van der Waals surface area (Å²) in [5.41, 5.74) is 5.28. The molecule has 0 radical (unpaired) electrons. The normalized spacial score (nSPS) is 11.1. The molecule has 0 spiro atoms. The molecule has 7 N–H and O–H groups in total. The van der Waals surface area contributed by atoms with E-state index in [0.717, 1.165) is 12.1 Å². The molecule has 0 heterocycles. The number of benzene rings is 1. The Balaban J connectivity index is 2.18. The van der Waals surface area contributed by atoms with Crippen LogP contribution in [0, 0.1) is 11.6 Å². The minimum atomic E-state index is -0.928. The van der Waals surface area contributed by atoms with Crippen LogP contribution in [0.2, 0.25) is 0 Å². The quantitative estimate of drug-likeness (QED) is 0.0339. The van der Waals surface area contributed by atoms with Crippen molar-refractivity contribution in [1.82, 2.24) is 21.3 Å². The van der Waals surface area contributed by atoms with Crippen LogP contribution in [-0.2, 0) is 11.3 Å². The number of nitrogens with one attached hydrogen (secondary N) is 4. The Bertz CT molecular complexity index is 786. The molecule has 13 heteroatoms. The molecule has 10 nitrogen and oxygen atoms in total. The van der Waals surface area contributed by atoms with Crippen molar-refractivity contribution >= 4 is 21.8 Å². The van der Waals surface area contributed by atoms with Gasteiger partial charge in [0, 0.05) is 6.42 Å². The molecule has 0 aliphatic rings. The van der Waals surface area contributed by atoms with Gasteiger partial charge in [0.15, 0.2) is 0 Å². The number of rotatable bonds is 11. The van der Waals surface area contributed by atoms with Crippen molar-refractivity contribution in [2.24, 2.45) is 10.7 Å². The zero-order chi connectivity index (χ0) is 23.2. The number of nitrogens with two attached hydrogens (primary N) is 1. The van der Waals surface area contributed by atoms with E-state index in [-0.39, 0.29) is 34.4 Å². The van der Waals surface area contributed by atoms with E-state index < -0.39 is 44.6 Å². The molecule has 1 aromatic carbocycles. The molecule has 0 atom stereocenters. The molecule has 174 valence electrons. The number of hydrogen-bond acceptors (Lipinski definition) is 5. The van der Waals surface area contributed by atoms with Gasteiger partial charge in [0.05, 0.1) is 0 Å². The monoisotopic (exact) mass is 555 g/mol. The summed E-state index contributed by atoms with van der Waals surface area (Å²) in [6, 6.07) is 1.01. The third kappa shape index (κ3) is 11.3. The van der Waals surface area contributed by atoms with Crippen molar-refractivity contribution in [2.45, 2.75) is 26.3 Å². The Kier molecular flexibility index (Phi) is 12.2. The van der Waals surface area contributed by atoms with Gasteiger partial charge >= 0.3 is 171 Å². The molecule has 0 saturated heterocycles. The van der Waals surface area contributed by atoms with E-state index >= 15 is 0 Å². The van der Waals surface area contributed by atoms with E-state index in [1.54, 1.807) is 6.92 Å². The number of aromatic hydroxyl groups is 1. The first-order valence-electron chi connectivity index (χ1n) is 9.38. The number of guanidine groups is 1. The number of phenols is 1. The van der Waals surface area contributed by atoms with E-state index in [0.29, 0.717) is 30.4 Å². The maximum absolute atomic E-state index is 13.6. The minimum absolute atomic E-state index is 0.0731. The summed E-state index contributed by atoms with van der Waals surface area (Å²) < 4.78 is 27.5. The number of carbonyl (C=O) groups is 3. The number of alkyl halides is 1. The molecular weight excluding hydrogens is 529 g/mol. The second kappa shape index (κ2) is 14.3. The summed E-state index contributed by atoms with van der Waals surface area (Å²) in [5, 5.41) is 19.0. The fourth-order valence-corrected chi connectivity index (χ4v) is 3.75. The van der Waals surface area contributed by atoms with E-state index in [2.05, 4.69) is 26.3 Å². The van der Waals surface area contributed by atoms with Gasteiger partial charge in [-0.2, -0.15) is 0 Å². The van der Waals surface area contributed by atoms with Gasteiger partial charge in [0.1, 0.15) is 0 Å². The summed E-state index contributed by atoms with van der Waals surface area (Å²) in [6.45, 7) is 2.26.